The molecule has 8 heavy (non-hydrogen) atoms. The van der Waals surface area contributed by atoms with Gasteiger partial charge in [0.15, 0.2) is 0 Å². The van der Waals surface area contributed by atoms with Crippen LogP contribution in [-0.2, 0) is 0 Å². The molecule has 0 rings (SSSR count). The third kappa shape index (κ3) is 5.82. The molecule has 0 atom stereocenters. The van der Waals surface area contributed by atoms with E-state index in [4.69, 9.17) is 6.58 Å². The molecule has 0 aromatic carbocycles. The molecule has 0 heterocycles. The molecule has 1 heteroatoms. The fourth-order valence-corrected chi connectivity index (χ4v) is 0.253. The Balaban J connectivity index is 0. The van der Waals surface area contributed by atoms with E-state index in [1.165, 1.54) is 6.08 Å². The van der Waals surface area contributed by atoms with Crippen LogP contribution in [-0.4, -0.2) is 0 Å². The topological polar surface area (TPSA) is 0 Å². The fourth-order valence-electron chi connectivity index (χ4n) is 0.253. The standard InChI is InChI=1S/C7H9.Li/c1-4-6-7(3)5-2;/h2,4-5H,1,3,6H2;/q-1;+1. The van der Waals surface area contributed by atoms with Crippen LogP contribution in [0.25, 0.3) is 0 Å². The Morgan fingerprint density at radius 1 is 1.62 bits per heavy atom. The van der Waals surface area contributed by atoms with Gasteiger partial charge in [-0.2, -0.15) is 12.2 Å². The molecule has 0 saturated carbocycles. The molecule has 0 aliphatic rings. The number of allylic oxidation sites excluding steroid dienone is 3. The molecule has 0 aliphatic heterocycles. The van der Waals surface area contributed by atoms with Crippen LogP contribution in [0.15, 0.2) is 30.9 Å². The van der Waals surface area contributed by atoms with Gasteiger partial charge in [-0.25, -0.2) is 6.08 Å². The molecular formula is C7H9Li. The second-order valence-corrected chi connectivity index (χ2v) is 1.32. The maximum absolute atomic E-state index is 5.09. The van der Waals surface area contributed by atoms with Crippen molar-refractivity contribution >= 4 is 0 Å². The summed E-state index contributed by atoms with van der Waals surface area (Å²) in [7, 11) is 0. The van der Waals surface area contributed by atoms with Gasteiger partial charge >= 0.3 is 18.9 Å². The van der Waals surface area contributed by atoms with Crippen LogP contribution in [0.5, 0.6) is 0 Å². The van der Waals surface area contributed by atoms with Gasteiger partial charge in [-0.1, -0.05) is 6.42 Å². The van der Waals surface area contributed by atoms with E-state index in [9.17, 15) is 0 Å². The van der Waals surface area contributed by atoms with Gasteiger partial charge < -0.3 is 0 Å². The third-order valence-corrected chi connectivity index (χ3v) is 0.642. The fraction of sp³-hybridized carbons (Fsp3) is 0.143. The summed E-state index contributed by atoms with van der Waals surface area (Å²) in [4.78, 5) is 0. The van der Waals surface area contributed by atoms with E-state index in [0.717, 1.165) is 12.0 Å². The van der Waals surface area contributed by atoms with E-state index in [1.807, 2.05) is 0 Å². The van der Waals surface area contributed by atoms with Gasteiger partial charge in [0.1, 0.15) is 0 Å². The molecule has 0 saturated heterocycles. The summed E-state index contributed by atoms with van der Waals surface area (Å²) in [5, 5.41) is 0. The summed E-state index contributed by atoms with van der Waals surface area (Å²) in [6.45, 7) is 12.2. The van der Waals surface area contributed by atoms with Crippen molar-refractivity contribution < 1.29 is 18.9 Å². The van der Waals surface area contributed by atoms with Crippen molar-refractivity contribution in [3.05, 3.63) is 37.5 Å². The second-order valence-electron chi connectivity index (χ2n) is 1.32. The number of hydrogen-bond donors (Lipinski definition) is 0. The molecular weight excluding hydrogens is 91.0 g/mol. The van der Waals surface area contributed by atoms with Crippen LogP contribution in [0.3, 0.4) is 0 Å². The summed E-state index contributed by atoms with van der Waals surface area (Å²) in [6.07, 6.45) is 4.05. The van der Waals surface area contributed by atoms with Crippen LogP contribution in [0.4, 0.5) is 0 Å². The van der Waals surface area contributed by atoms with Crippen molar-refractivity contribution in [3.8, 4) is 0 Å². The van der Waals surface area contributed by atoms with Gasteiger partial charge in [0.05, 0.1) is 0 Å². The Labute approximate surface area is 63.2 Å². The van der Waals surface area contributed by atoms with Gasteiger partial charge in [0.2, 0.25) is 0 Å². The maximum atomic E-state index is 5.09. The minimum absolute atomic E-state index is 0. The number of hydrogen-bond acceptors (Lipinski definition) is 0. The van der Waals surface area contributed by atoms with Crippen LogP contribution < -0.4 is 18.9 Å². The first kappa shape index (κ1) is 10.7. The number of rotatable bonds is 3. The molecule has 0 unspecified atom stereocenters. The Hall–Kier alpha value is -0.183. The molecule has 0 aromatic rings. The van der Waals surface area contributed by atoms with E-state index in [-0.39, 0.29) is 18.9 Å². The van der Waals surface area contributed by atoms with Gasteiger partial charge in [0, 0.05) is 0 Å². The van der Waals surface area contributed by atoms with E-state index in [0.29, 0.717) is 0 Å². The van der Waals surface area contributed by atoms with Crippen LogP contribution >= 0.6 is 0 Å². The maximum Gasteiger partial charge on any atom is 1.00 e. The summed E-state index contributed by atoms with van der Waals surface area (Å²) < 4.78 is 0. The van der Waals surface area contributed by atoms with Crippen molar-refractivity contribution in [2.24, 2.45) is 0 Å². The quantitative estimate of drug-likeness (QED) is 0.187. The average molecular weight is 100 g/mol. The van der Waals surface area contributed by atoms with Crippen LogP contribution in [0.2, 0.25) is 0 Å². The second kappa shape index (κ2) is 6.82. The summed E-state index contributed by atoms with van der Waals surface area (Å²) in [5.74, 6) is 0. The molecule has 0 radical (unpaired) electrons. The Morgan fingerprint density at radius 3 is 2.25 bits per heavy atom. The summed E-state index contributed by atoms with van der Waals surface area (Å²) >= 11 is 0. The molecule has 0 spiro atoms. The first-order chi connectivity index (χ1) is 3.31. The van der Waals surface area contributed by atoms with E-state index >= 15 is 0 Å². The summed E-state index contributed by atoms with van der Waals surface area (Å²) in [5.41, 5.74) is 0.912. The van der Waals surface area contributed by atoms with E-state index < -0.39 is 0 Å². The molecule has 0 fully saturated rings. The van der Waals surface area contributed by atoms with Crippen molar-refractivity contribution in [1.82, 2.24) is 0 Å². The van der Waals surface area contributed by atoms with Gasteiger partial charge in [-0.15, -0.1) is 12.7 Å². The van der Waals surface area contributed by atoms with E-state index in [2.05, 4.69) is 13.2 Å². The van der Waals surface area contributed by atoms with Crippen LogP contribution in [0, 0.1) is 6.58 Å². The SMILES string of the molecule is [CH-]=CC(=C)CC=C.[Li+]. The van der Waals surface area contributed by atoms with Crippen molar-refractivity contribution in [2.45, 2.75) is 6.42 Å². The Kier molecular flexibility index (Phi) is 9.15. The van der Waals surface area contributed by atoms with Gasteiger partial charge in [0.25, 0.3) is 0 Å². The van der Waals surface area contributed by atoms with Gasteiger partial charge in [-0.05, 0) is 0 Å². The molecule has 0 aliphatic carbocycles. The molecule has 0 amide bonds. The van der Waals surface area contributed by atoms with Crippen molar-refractivity contribution in [3.63, 3.8) is 0 Å². The van der Waals surface area contributed by atoms with E-state index in [1.54, 1.807) is 6.08 Å². The minimum atomic E-state index is 0. The largest absolute Gasteiger partial charge is 1.00 e. The van der Waals surface area contributed by atoms with Gasteiger partial charge in [-0.3, -0.25) is 6.58 Å². The zero-order valence-electron chi connectivity index (χ0n) is 5.35. The first-order valence-electron chi connectivity index (χ1n) is 2.15. The zero-order chi connectivity index (χ0) is 5.70. The monoisotopic (exact) mass is 100 g/mol. The average Bonchev–Trinajstić information content (AvgIpc) is 1.68. The molecule has 0 bridgehead atoms. The Morgan fingerprint density at radius 2 is 2.12 bits per heavy atom. The molecule has 38 valence electrons. The third-order valence-electron chi connectivity index (χ3n) is 0.642. The minimum Gasteiger partial charge on any atom is -0.293 e. The molecule has 0 aromatic heterocycles. The Bertz CT molecular complexity index is 92.6. The predicted octanol–water partition coefficient (Wildman–Crippen LogP) is -0.888. The normalized spacial score (nSPS) is 6.50. The van der Waals surface area contributed by atoms with Crippen LogP contribution in [0.1, 0.15) is 6.42 Å². The molecule has 0 N–H and O–H groups in total. The smallest absolute Gasteiger partial charge is 0.293 e. The van der Waals surface area contributed by atoms with Crippen molar-refractivity contribution in [1.29, 1.82) is 0 Å². The van der Waals surface area contributed by atoms with Crippen molar-refractivity contribution in [2.75, 3.05) is 0 Å². The predicted molar refractivity (Wildman–Crippen MR) is 32.8 cm³/mol. The zero-order valence-corrected chi connectivity index (χ0v) is 5.35. The molecule has 0 nitrogen and oxygen atoms in total. The first-order valence-corrected chi connectivity index (χ1v) is 2.15. The summed E-state index contributed by atoms with van der Waals surface area (Å²) in [6, 6.07) is 0.